The van der Waals surface area contributed by atoms with Crippen LogP contribution in [0.3, 0.4) is 0 Å². The van der Waals surface area contributed by atoms with Gasteiger partial charge in [-0.2, -0.15) is 0 Å². The van der Waals surface area contributed by atoms with Gasteiger partial charge in [0.25, 0.3) is 5.91 Å². The van der Waals surface area contributed by atoms with Gasteiger partial charge in [-0.25, -0.2) is 9.59 Å². The van der Waals surface area contributed by atoms with Crippen molar-refractivity contribution in [1.29, 1.82) is 0 Å². The summed E-state index contributed by atoms with van der Waals surface area (Å²) in [6.07, 6.45) is 1.47. The first-order chi connectivity index (χ1) is 13.5. The molecule has 0 aliphatic rings. The van der Waals surface area contributed by atoms with Crippen molar-refractivity contribution in [3.05, 3.63) is 71.8 Å². The van der Waals surface area contributed by atoms with Gasteiger partial charge in [-0.3, -0.25) is 10.1 Å². The molecule has 0 saturated heterocycles. The Morgan fingerprint density at radius 2 is 1.71 bits per heavy atom. The first-order valence-corrected chi connectivity index (χ1v) is 8.70. The van der Waals surface area contributed by atoms with Gasteiger partial charge in [0.05, 0.1) is 7.11 Å². The maximum atomic E-state index is 12.4. The third kappa shape index (κ3) is 5.98. The van der Waals surface area contributed by atoms with Crippen LogP contribution in [0, 0.1) is 0 Å². The second-order valence-corrected chi connectivity index (χ2v) is 5.65. The minimum absolute atomic E-state index is 0.358. The predicted octanol–water partition coefficient (Wildman–Crippen LogP) is 2.84. The number of rotatable bonds is 7. The van der Waals surface area contributed by atoms with E-state index in [4.69, 9.17) is 9.47 Å². The summed E-state index contributed by atoms with van der Waals surface area (Å²) in [7, 11) is 1.53. The van der Waals surface area contributed by atoms with E-state index < -0.39 is 24.0 Å². The Balaban J connectivity index is 2.15. The van der Waals surface area contributed by atoms with Gasteiger partial charge in [-0.15, -0.1) is 0 Å². The molecule has 0 aromatic heterocycles. The van der Waals surface area contributed by atoms with E-state index >= 15 is 0 Å². The molecular weight excluding hydrogens is 360 g/mol. The summed E-state index contributed by atoms with van der Waals surface area (Å²) in [5.74, 6) is -0.873. The van der Waals surface area contributed by atoms with Crippen LogP contribution >= 0.6 is 0 Å². The number of benzene rings is 2. The molecule has 3 amide bonds. The molecule has 0 radical (unpaired) electrons. The fraction of sp³-hybridized carbons (Fsp3) is 0.190. The molecule has 0 bridgehead atoms. The van der Waals surface area contributed by atoms with Crippen molar-refractivity contribution in [3.63, 3.8) is 0 Å². The van der Waals surface area contributed by atoms with Gasteiger partial charge in [0, 0.05) is 23.7 Å². The molecule has 2 N–H and O–H groups in total. The van der Waals surface area contributed by atoms with Crippen molar-refractivity contribution < 1.29 is 23.9 Å². The molecule has 146 valence electrons. The van der Waals surface area contributed by atoms with Crippen molar-refractivity contribution in [2.45, 2.75) is 13.0 Å². The van der Waals surface area contributed by atoms with Crippen LogP contribution in [0.2, 0.25) is 0 Å². The summed E-state index contributed by atoms with van der Waals surface area (Å²) in [4.78, 5) is 36.4. The lowest BCUT2D eigenvalue weighted by molar-refractivity contribution is -0.151. The Bertz CT molecular complexity index is 849. The van der Waals surface area contributed by atoms with Gasteiger partial charge in [0.15, 0.2) is 0 Å². The van der Waals surface area contributed by atoms with Gasteiger partial charge in [0.1, 0.15) is 5.75 Å². The summed E-state index contributed by atoms with van der Waals surface area (Å²) in [5, 5.41) is 4.62. The topological polar surface area (TPSA) is 93.7 Å². The van der Waals surface area contributed by atoms with E-state index in [0.717, 1.165) is 0 Å². The monoisotopic (exact) mass is 382 g/mol. The quantitative estimate of drug-likeness (QED) is 0.567. The minimum atomic E-state index is -1.27. The molecule has 0 fully saturated rings. The van der Waals surface area contributed by atoms with Crippen LogP contribution in [0.1, 0.15) is 24.2 Å². The molecule has 2 aromatic carbocycles. The summed E-state index contributed by atoms with van der Waals surface area (Å²) in [6.45, 7) is 2.08. The van der Waals surface area contributed by atoms with Crippen LogP contribution < -0.4 is 15.4 Å². The van der Waals surface area contributed by atoms with Crippen molar-refractivity contribution >= 4 is 24.0 Å². The normalized spacial score (nSPS) is 11.5. The van der Waals surface area contributed by atoms with Crippen molar-refractivity contribution in [1.82, 2.24) is 10.6 Å². The van der Waals surface area contributed by atoms with E-state index in [-0.39, 0.29) is 0 Å². The lowest BCUT2D eigenvalue weighted by Crippen LogP contribution is -2.42. The molecule has 28 heavy (non-hydrogen) atoms. The van der Waals surface area contributed by atoms with Crippen molar-refractivity contribution in [2.24, 2.45) is 0 Å². The number of ether oxygens (including phenoxy) is 2. The highest BCUT2D eigenvalue weighted by Gasteiger charge is 2.25. The number of hydrogen-bond donors (Lipinski definition) is 2. The number of carbonyl (C=O) groups is 3. The zero-order valence-electron chi connectivity index (χ0n) is 15.7. The van der Waals surface area contributed by atoms with Gasteiger partial charge in [0.2, 0.25) is 6.10 Å². The molecule has 2 aromatic rings. The number of esters is 1. The molecule has 7 nitrogen and oxygen atoms in total. The third-order valence-electron chi connectivity index (χ3n) is 3.69. The number of carbonyl (C=O) groups excluding carboxylic acids is 3. The zero-order chi connectivity index (χ0) is 20.4. The largest absolute Gasteiger partial charge is 0.496 e. The van der Waals surface area contributed by atoms with E-state index in [0.29, 0.717) is 23.4 Å². The van der Waals surface area contributed by atoms with Crippen LogP contribution in [0.25, 0.3) is 6.08 Å². The maximum Gasteiger partial charge on any atom is 0.331 e. The van der Waals surface area contributed by atoms with E-state index in [9.17, 15) is 14.4 Å². The molecule has 7 heteroatoms. The first-order valence-electron chi connectivity index (χ1n) is 8.70. The molecule has 0 saturated carbocycles. The standard InChI is InChI=1S/C21H22N2O5/c1-3-22-21(26)23-20(25)19(16-10-5-4-6-11-16)28-18(24)14-13-15-9-7-8-12-17(15)27-2/h4-14,19H,3H2,1-2H3,(H2,22,23,25,26)/b14-13+/t19-/m0/s1. The van der Waals surface area contributed by atoms with Gasteiger partial charge in [-0.05, 0) is 19.1 Å². The Kier molecular flexibility index (Phi) is 7.77. The number of para-hydroxylation sites is 1. The second-order valence-electron chi connectivity index (χ2n) is 5.65. The van der Waals surface area contributed by atoms with Crippen LogP contribution in [-0.4, -0.2) is 31.6 Å². The number of hydrogen-bond acceptors (Lipinski definition) is 5. The fourth-order valence-electron chi connectivity index (χ4n) is 2.40. The number of methoxy groups -OCH3 is 1. The molecule has 0 aliphatic carbocycles. The highest BCUT2D eigenvalue weighted by Crippen LogP contribution is 2.20. The molecule has 0 spiro atoms. The third-order valence-corrected chi connectivity index (χ3v) is 3.69. The number of urea groups is 1. The van der Waals surface area contributed by atoms with E-state index in [1.807, 2.05) is 6.07 Å². The first kappa shape index (κ1) is 20.7. The van der Waals surface area contributed by atoms with Crippen LogP contribution in [-0.2, 0) is 14.3 Å². The molecule has 1 atom stereocenters. The van der Waals surface area contributed by atoms with Crippen LogP contribution in [0.5, 0.6) is 5.75 Å². The predicted molar refractivity (Wildman–Crippen MR) is 105 cm³/mol. The Morgan fingerprint density at radius 1 is 1.04 bits per heavy atom. The average molecular weight is 382 g/mol. The fourth-order valence-corrected chi connectivity index (χ4v) is 2.40. The Labute approximate surface area is 163 Å². The summed E-state index contributed by atoms with van der Waals surface area (Å²) in [6, 6.07) is 15.0. The van der Waals surface area contributed by atoms with Gasteiger partial charge in [-0.1, -0.05) is 48.5 Å². The number of amides is 3. The van der Waals surface area contributed by atoms with E-state index in [1.54, 1.807) is 55.5 Å². The lowest BCUT2D eigenvalue weighted by Gasteiger charge is -2.16. The van der Waals surface area contributed by atoms with Crippen LogP contribution in [0.15, 0.2) is 60.7 Å². The second kappa shape index (κ2) is 10.5. The van der Waals surface area contributed by atoms with Gasteiger partial charge < -0.3 is 14.8 Å². The van der Waals surface area contributed by atoms with Crippen molar-refractivity contribution in [2.75, 3.05) is 13.7 Å². The maximum absolute atomic E-state index is 12.4. The van der Waals surface area contributed by atoms with Gasteiger partial charge >= 0.3 is 12.0 Å². The van der Waals surface area contributed by atoms with Crippen molar-refractivity contribution in [3.8, 4) is 5.75 Å². The van der Waals surface area contributed by atoms with E-state index in [1.165, 1.54) is 19.3 Å². The van der Waals surface area contributed by atoms with E-state index in [2.05, 4.69) is 10.6 Å². The van der Waals surface area contributed by atoms with Crippen LogP contribution in [0.4, 0.5) is 4.79 Å². The Morgan fingerprint density at radius 3 is 2.39 bits per heavy atom. The number of imide groups is 1. The summed E-state index contributed by atoms with van der Waals surface area (Å²) >= 11 is 0. The molecule has 2 rings (SSSR count). The summed E-state index contributed by atoms with van der Waals surface area (Å²) < 4.78 is 10.5. The SMILES string of the molecule is CCNC(=O)NC(=O)[C@@H](OC(=O)/C=C/c1ccccc1OC)c1ccccc1. The molecule has 0 unspecified atom stereocenters. The average Bonchev–Trinajstić information content (AvgIpc) is 2.71. The molecular formula is C21H22N2O5. The zero-order valence-corrected chi connectivity index (χ0v) is 15.7. The lowest BCUT2D eigenvalue weighted by atomic mass is 10.1. The minimum Gasteiger partial charge on any atom is -0.496 e. The molecule has 0 aliphatic heterocycles. The smallest absolute Gasteiger partial charge is 0.331 e. The summed E-state index contributed by atoms with van der Waals surface area (Å²) in [5.41, 5.74) is 1.13. The number of nitrogens with one attached hydrogen (secondary N) is 2. The Hall–Kier alpha value is -3.61. The highest BCUT2D eigenvalue weighted by atomic mass is 16.5. The molecule has 0 heterocycles. The highest BCUT2D eigenvalue weighted by molar-refractivity contribution is 5.98.